The van der Waals surface area contributed by atoms with E-state index in [9.17, 15) is 9.59 Å². The van der Waals surface area contributed by atoms with E-state index >= 15 is 0 Å². The molecule has 6 heteroatoms. The van der Waals surface area contributed by atoms with Crippen molar-refractivity contribution in [2.45, 2.75) is 38.6 Å². The number of piperidine rings is 1. The third kappa shape index (κ3) is 5.84. The Hall–Kier alpha value is -1.59. The second-order valence-corrected chi connectivity index (χ2v) is 5.62. The Morgan fingerprint density at radius 1 is 1.26 bits per heavy atom. The number of nitrogens with zero attached hydrogens (tertiary/aromatic N) is 1. The molecule has 1 saturated heterocycles. The summed E-state index contributed by atoms with van der Waals surface area (Å²) < 4.78 is 5.34. The molecule has 1 fully saturated rings. The number of halogens is 1. The minimum absolute atomic E-state index is 0. The normalized spacial score (nSPS) is 17.3. The molecule has 23 heavy (non-hydrogen) atoms. The first-order valence-corrected chi connectivity index (χ1v) is 7.89. The lowest BCUT2D eigenvalue weighted by Crippen LogP contribution is -2.45. The van der Waals surface area contributed by atoms with Gasteiger partial charge in [-0.15, -0.1) is 12.4 Å². The lowest BCUT2D eigenvalue weighted by Gasteiger charge is -2.30. The number of carbonyl (C=O) groups is 2. The number of ketones is 1. The molecule has 128 valence electrons. The van der Waals surface area contributed by atoms with Crippen molar-refractivity contribution < 1.29 is 14.3 Å². The van der Waals surface area contributed by atoms with Gasteiger partial charge in [-0.1, -0.05) is 0 Å². The molecule has 0 aromatic heterocycles. The van der Waals surface area contributed by atoms with Crippen LogP contribution in [0.4, 0.5) is 0 Å². The van der Waals surface area contributed by atoms with E-state index in [0.717, 1.165) is 25.1 Å². The second-order valence-electron chi connectivity index (χ2n) is 5.62. The standard InChI is InChI=1S/C17H24N2O3.ClH/c1-2-22-15-7-5-13(6-8-15)16(20)9-10-17(21)19-11-3-4-14(18)12-19;/h5-8,14H,2-4,9-12,18H2,1H3;1H. The largest absolute Gasteiger partial charge is 0.494 e. The van der Waals surface area contributed by atoms with Crippen molar-refractivity contribution >= 4 is 24.1 Å². The van der Waals surface area contributed by atoms with Gasteiger partial charge in [-0.25, -0.2) is 0 Å². The SMILES string of the molecule is CCOc1ccc(C(=O)CCC(=O)N2CCCC(N)C2)cc1.Cl. The van der Waals surface area contributed by atoms with Gasteiger partial charge < -0.3 is 15.4 Å². The average Bonchev–Trinajstić information content (AvgIpc) is 2.53. The van der Waals surface area contributed by atoms with Crippen LogP contribution >= 0.6 is 12.4 Å². The van der Waals surface area contributed by atoms with Crippen LogP contribution in [0.2, 0.25) is 0 Å². The van der Waals surface area contributed by atoms with Crippen molar-refractivity contribution in [1.29, 1.82) is 0 Å². The fourth-order valence-electron chi connectivity index (χ4n) is 2.66. The van der Waals surface area contributed by atoms with Gasteiger partial charge in [-0.05, 0) is 44.0 Å². The van der Waals surface area contributed by atoms with E-state index in [1.165, 1.54) is 0 Å². The fourth-order valence-corrected chi connectivity index (χ4v) is 2.66. The first kappa shape index (κ1) is 19.5. The van der Waals surface area contributed by atoms with Gasteiger partial charge in [0, 0.05) is 37.5 Å². The summed E-state index contributed by atoms with van der Waals surface area (Å²) >= 11 is 0. The van der Waals surface area contributed by atoms with Gasteiger partial charge in [0.15, 0.2) is 5.78 Å². The van der Waals surface area contributed by atoms with Crippen LogP contribution in [0.25, 0.3) is 0 Å². The third-order valence-electron chi connectivity index (χ3n) is 3.86. The highest BCUT2D eigenvalue weighted by Gasteiger charge is 2.21. The quantitative estimate of drug-likeness (QED) is 0.807. The number of hydrogen-bond acceptors (Lipinski definition) is 4. The molecule has 2 N–H and O–H groups in total. The summed E-state index contributed by atoms with van der Waals surface area (Å²) in [5, 5.41) is 0. The first-order valence-electron chi connectivity index (χ1n) is 7.89. The highest BCUT2D eigenvalue weighted by Crippen LogP contribution is 2.15. The molecular weight excluding hydrogens is 316 g/mol. The van der Waals surface area contributed by atoms with E-state index in [-0.39, 0.29) is 43.0 Å². The molecular formula is C17H25ClN2O3. The predicted molar refractivity (Wildman–Crippen MR) is 92.2 cm³/mol. The molecule has 1 aliphatic rings. The Labute approximate surface area is 143 Å². The molecule has 0 saturated carbocycles. The molecule has 0 spiro atoms. The highest BCUT2D eigenvalue weighted by molar-refractivity contribution is 5.98. The predicted octanol–water partition coefficient (Wildman–Crippen LogP) is 2.42. The monoisotopic (exact) mass is 340 g/mol. The van der Waals surface area contributed by atoms with E-state index < -0.39 is 0 Å². The van der Waals surface area contributed by atoms with Crippen molar-refractivity contribution in [3.05, 3.63) is 29.8 Å². The van der Waals surface area contributed by atoms with Gasteiger partial charge in [0.05, 0.1) is 6.61 Å². The molecule has 1 unspecified atom stereocenters. The first-order chi connectivity index (χ1) is 10.6. The fraction of sp³-hybridized carbons (Fsp3) is 0.529. The molecule has 1 aliphatic heterocycles. The van der Waals surface area contributed by atoms with Gasteiger partial charge in [0.2, 0.25) is 5.91 Å². The maximum absolute atomic E-state index is 12.1. The minimum Gasteiger partial charge on any atom is -0.494 e. The molecule has 0 radical (unpaired) electrons. The summed E-state index contributed by atoms with van der Waals surface area (Å²) in [6, 6.07) is 7.12. The number of hydrogen-bond donors (Lipinski definition) is 1. The average molecular weight is 341 g/mol. The lowest BCUT2D eigenvalue weighted by molar-refractivity contribution is -0.132. The summed E-state index contributed by atoms with van der Waals surface area (Å²) in [6.45, 7) is 3.87. The highest BCUT2D eigenvalue weighted by atomic mass is 35.5. The number of benzene rings is 1. The van der Waals surface area contributed by atoms with Gasteiger partial charge in [-0.3, -0.25) is 9.59 Å². The molecule has 0 aliphatic carbocycles. The van der Waals surface area contributed by atoms with E-state index in [4.69, 9.17) is 10.5 Å². The minimum atomic E-state index is -0.0160. The number of amides is 1. The zero-order valence-corrected chi connectivity index (χ0v) is 14.3. The summed E-state index contributed by atoms with van der Waals surface area (Å²) in [6.07, 6.45) is 2.39. The molecule has 2 rings (SSSR count). The Morgan fingerprint density at radius 3 is 2.57 bits per heavy atom. The number of rotatable bonds is 6. The van der Waals surface area contributed by atoms with Crippen LogP contribution in [-0.2, 0) is 4.79 Å². The van der Waals surface area contributed by atoms with E-state index in [0.29, 0.717) is 18.7 Å². The molecule has 5 nitrogen and oxygen atoms in total. The van der Waals surface area contributed by atoms with Gasteiger partial charge >= 0.3 is 0 Å². The smallest absolute Gasteiger partial charge is 0.223 e. The zero-order chi connectivity index (χ0) is 15.9. The van der Waals surface area contributed by atoms with Gasteiger partial charge in [0.25, 0.3) is 0 Å². The lowest BCUT2D eigenvalue weighted by atomic mass is 10.0. The summed E-state index contributed by atoms with van der Waals surface area (Å²) in [7, 11) is 0. The third-order valence-corrected chi connectivity index (χ3v) is 3.86. The Morgan fingerprint density at radius 2 is 1.96 bits per heavy atom. The Kier molecular flexibility index (Phi) is 8.06. The second kappa shape index (κ2) is 9.53. The Balaban J connectivity index is 0.00000264. The summed E-state index contributed by atoms with van der Waals surface area (Å²) in [5.74, 6) is 0.754. The zero-order valence-electron chi connectivity index (χ0n) is 13.5. The maximum atomic E-state index is 12.1. The number of ether oxygens (including phenoxy) is 1. The van der Waals surface area contributed by atoms with Gasteiger partial charge in [-0.2, -0.15) is 0 Å². The molecule has 1 aromatic rings. The summed E-state index contributed by atoms with van der Waals surface area (Å²) in [4.78, 5) is 26.0. The van der Waals surface area contributed by atoms with Crippen molar-refractivity contribution in [3.63, 3.8) is 0 Å². The number of nitrogens with two attached hydrogens (primary N) is 1. The van der Waals surface area contributed by atoms with Crippen molar-refractivity contribution in [3.8, 4) is 5.75 Å². The topological polar surface area (TPSA) is 72.6 Å². The molecule has 0 bridgehead atoms. The number of carbonyl (C=O) groups excluding carboxylic acids is 2. The molecule has 1 amide bonds. The van der Waals surface area contributed by atoms with Crippen LogP contribution in [0.15, 0.2) is 24.3 Å². The van der Waals surface area contributed by atoms with E-state index in [2.05, 4.69) is 0 Å². The van der Waals surface area contributed by atoms with E-state index in [1.54, 1.807) is 29.2 Å². The molecule has 1 aromatic carbocycles. The van der Waals surface area contributed by atoms with Crippen LogP contribution in [-0.4, -0.2) is 42.3 Å². The Bertz CT molecular complexity index is 519. The molecule has 1 heterocycles. The van der Waals surface area contributed by atoms with Crippen LogP contribution in [0.5, 0.6) is 5.75 Å². The summed E-state index contributed by atoms with van der Waals surface area (Å²) in [5.41, 5.74) is 6.49. The van der Waals surface area contributed by atoms with Crippen LogP contribution in [0.3, 0.4) is 0 Å². The van der Waals surface area contributed by atoms with E-state index in [1.807, 2.05) is 6.92 Å². The van der Waals surface area contributed by atoms with Crippen molar-refractivity contribution in [2.24, 2.45) is 5.73 Å². The van der Waals surface area contributed by atoms with Crippen LogP contribution < -0.4 is 10.5 Å². The maximum Gasteiger partial charge on any atom is 0.223 e. The number of likely N-dealkylation sites (tertiary alicyclic amines) is 1. The van der Waals surface area contributed by atoms with Gasteiger partial charge in [0.1, 0.15) is 5.75 Å². The van der Waals surface area contributed by atoms with Crippen molar-refractivity contribution in [1.82, 2.24) is 4.90 Å². The van der Waals surface area contributed by atoms with Crippen LogP contribution in [0.1, 0.15) is 43.0 Å². The van der Waals surface area contributed by atoms with Crippen molar-refractivity contribution in [2.75, 3.05) is 19.7 Å². The van der Waals surface area contributed by atoms with Crippen LogP contribution in [0, 0.1) is 0 Å². The molecule has 1 atom stereocenters. The number of Topliss-reactive ketones (excluding diaryl/α,β-unsaturated/α-hetero) is 1.